The zero-order valence-corrected chi connectivity index (χ0v) is 13.9. The fraction of sp³-hybridized carbons (Fsp3) is 0.111. The van der Waals surface area contributed by atoms with E-state index in [4.69, 9.17) is 5.11 Å². The lowest BCUT2D eigenvalue weighted by molar-refractivity contribution is -0.141. The highest BCUT2D eigenvalue weighted by molar-refractivity contribution is 5.85. The van der Waals surface area contributed by atoms with Gasteiger partial charge in [0.2, 0.25) is 5.95 Å². The van der Waals surface area contributed by atoms with Gasteiger partial charge in [-0.2, -0.15) is 13.2 Å². The third-order valence-corrected chi connectivity index (χ3v) is 3.60. The summed E-state index contributed by atoms with van der Waals surface area (Å²) >= 11 is 0. The largest absolute Gasteiger partial charge is 0.477 e. The van der Waals surface area contributed by atoms with E-state index in [1.54, 1.807) is 18.2 Å². The van der Waals surface area contributed by atoms with Crippen LogP contribution >= 0.6 is 0 Å². The van der Waals surface area contributed by atoms with Gasteiger partial charge in [0, 0.05) is 23.6 Å². The van der Waals surface area contributed by atoms with Crippen LogP contribution in [0.1, 0.15) is 21.7 Å². The highest BCUT2D eigenvalue weighted by atomic mass is 19.4. The summed E-state index contributed by atoms with van der Waals surface area (Å²) in [4.78, 5) is 22.0. The van der Waals surface area contributed by atoms with Crippen molar-refractivity contribution in [2.75, 3.05) is 5.32 Å². The van der Waals surface area contributed by atoms with E-state index in [1.807, 2.05) is 13.0 Å². The minimum Gasteiger partial charge on any atom is -0.477 e. The molecule has 3 rings (SSSR count). The number of benzene rings is 1. The number of alkyl halides is 3. The second kappa shape index (κ2) is 7.02. The summed E-state index contributed by atoms with van der Waals surface area (Å²) in [6.45, 7) is 1.82. The molecule has 0 bridgehead atoms. The summed E-state index contributed by atoms with van der Waals surface area (Å²) in [5.74, 6) is -1.31. The van der Waals surface area contributed by atoms with Gasteiger partial charge in [0.25, 0.3) is 0 Å². The fourth-order valence-corrected chi connectivity index (χ4v) is 2.42. The Morgan fingerprint density at radius 2 is 1.85 bits per heavy atom. The van der Waals surface area contributed by atoms with Crippen LogP contribution in [0.2, 0.25) is 0 Å². The maximum absolute atomic E-state index is 12.8. The van der Waals surface area contributed by atoms with Gasteiger partial charge in [0.1, 0.15) is 11.4 Å². The Bertz CT molecular complexity index is 989. The minimum absolute atomic E-state index is 0.0814. The van der Waals surface area contributed by atoms with Crippen molar-refractivity contribution in [3.8, 4) is 11.1 Å². The van der Waals surface area contributed by atoms with Crippen LogP contribution in [-0.2, 0) is 6.18 Å². The van der Waals surface area contributed by atoms with Gasteiger partial charge in [-0.05, 0) is 42.3 Å². The number of carboxylic acids is 1. The number of nitrogens with zero attached hydrogens (tertiary/aromatic N) is 3. The summed E-state index contributed by atoms with van der Waals surface area (Å²) in [5.41, 5.74) is 1.59. The lowest BCUT2D eigenvalue weighted by atomic mass is 10.0. The van der Waals surface area contributed by atoms with Gasteiger partial charge in [0.05, 0.1) is 0 Å². The lowest BCUT2D eigenvalue weighted by Crippen LogP contribution is -2.10. The molecule has 0 saturated heterocycles. The van der Waals surface area contributed by atoms with Gasteiger partial charge in [-0.15, -0.1) is 0 Å². The first-order chi connectivity index (χ1) is 12.7. The Morgan fingerprint density at radius 3 is 2.48 bits per heavy atom. The zero-order chi connectivity index (χ0) is 19.6. The molecule has 0 amide bonds. The fourth-order valence-electron chi connectivity index (χ4n) is 2.42. The molecule has 0 spiro atoms. The van der Waals surface area contributed by atoms with Gasteiger partial charge in [-0.3, -0.25) is 0 Å². The molecule has 2 aromatic heterocycles. The van der Waals surface area contributed by atoms with E-state index < -0.39 is 17.8 Å². The number of pyridine rings is 1. The monoisotopic (exact) mass is 374 g/mol. The number of rotatable bonds is 4. The number of nitrogens with one attached hydrogen (secondary N) is 1. The number of aryl methyl sites for hydroxylation is 1. The van der Waals surface area contributed by atoms with Crippen molar-refractivity contribution in [2.24, 2.45) is 0 Å². The average molecular weight is 374 g/mol. The molecule has 3 aromatic rings. The Hall–Kier alpha value is -3.49. The molecule has 0 aliphatic carbocycles. The van der Waals surface area contributed by atoms with Crippen LogP contribution in [0.15, 0.2) is 48.8 Å². The summed E-state index contributed by atoms with van der Waals surface area (Å²) in [7, 11) is 0. The maximum Gasteiger partial charge on any atom is 0.433 e. The molecule has 2 N–H and O–H groups in total. The highest BCUT2D eigenvalue weighted by Gasteiger charge is 2.32. The van der Waals surface area contributed by atoms with E-state index in [-0.39, 0.29) is 11.6 Å². The number of halogens is 3. The van der Waals surface area contributed by atoms with Crippen LogP contribution < -0.4 is 5.32 Å². The van der Waals surface area contributed by atoms with E-state index in [1.165, 1.54) is 12.3 Å². The third kappa shape index (κ3) is 4.38. The van der Waals surface area contributed by atoms with E-state index in [9.17, 15) is 18.0 Å². The van der Waals surface area contributed by atoms with Crippen LogP contribution in [0.3, 0.4) is 0 Å². The first-order valence-electron chi connectivity index (χ1n) is 7.71. The predicted molar refractivity (Wildman–Crippen MR) is 91.7 cm³/mol. The van der Waals surface area contributed by atoms with Crippen molar-refractivity contribution < 1.29 is 23.1 Å². The van der Waals surface area contributed by atoms with E-state index in [0.29, 0.717) is 16.8 Å². The second-order valence-corrected chi connectivity index (χ2v) is 5.71. The van der Waals surface area contributed by atoms with Crippen LogP contribution in [-0.4, -0.2) is 26.0 Å². The number of carboxylic acid groups (broad SMARTS) is 1. The van der Waals surface area contributed by atoms with Crippen molar-refractivity contribution in [2.45, 2.75) is 13.1 Å². The third-order valence-electron chi connectivity index (χ3n) is 3.60. The molecule has 0 fully saturated rings. The summed E-state index contributed by atoms with van der Waals surface area (Å²) in [6.07, 6.45) is -2.11. The molecule has 0 saturated carbocycles. The van der Waals surface area contributed by atoms with E-state index >= 15 is 0 Å². The standard InChI is InChI=1S/C18H13F3N4O2/c1-10-6-12(11-2-3-14(16(26)27)23-9-11)8-13(7-10)24-17-22-5-4-15(25-17)18(19,20)21/h2-9H,1H3,(H,26,27)(H,22,24,25). The first-order valence-corrected chi connectivity index (χ1v) is 7.71. The number of aromatic nitrogens is 3. The normalized spacial score (nSPS) is 11.3. The second-order valence-electron chi connectivity index (χ2n) is 5.71. The molecule has 27 heavy (non-hydrogen) atoms. The molecule has 138 valence electrons. The number of aromatic carboxylic acids is 1. The van der Waals surface area contributed by atoms with Gasteiger partial charge < -0.3 is 10.4 Å². The van der Waals surface area contributed by atoms with Crippen molar-refractivity contribution in [1.82, 2.24) is 15.0 Å². The van der Waals surface area contributed by atoms with Crippen LogP contribution in [0.4, 0.5) is 24.8 Å². The number of carbonyl (C=O) groups is 1. The molecule has 9 heteroatoms. The lowest BCUT2D eigenvalue weighted by Gasteiger charge is -2.11. The molecule has 0 atom stereocenters. The minimum atomic E-state index is -4.56. The molecular weight excluding hydrogens is 361 g/mol. The quantitative estimate of drug-likeness (QED) is 0.708. The smallest absolute Gasteiger partial charge is 0.433 e. The molecule has 6 nitrogen and oxygen atoms in total. The van der Waals surface area contributed by atoms with Crippen molar-refractivity contribution in [1.29, 1.82) is 0 Å². The van der Waals surface area contributed by atoms with Gasteiger partial charge in [-0.1, -0.05) is 12.1 Å². The number of anilines is 2. The van der Waals surface area contributed by atoms with Gasteiger partial charge in [-0.25, -0.2) is 19.7 Å². The Kier molecular flexibility index (Phi) is 4.76. The average Bonchev–Trinajstić information content (AvgIpc) is 2.61. The Labute approximate surface area is 151 Å². The maximum atomic E-state index is 12.8. The van der Waals surface area contributed by atoms with E-state index in [2.05, 4.69) is 20.3 Å². The van der Waals surface area contributed by atoms with E-state index in [0.717, 1.165) is 17.8 Å². The predicted octanol–water partition coefficient (Wildman–Crippen LogP) is 4.31. The highest BCUT2D eigenvalue weighted by Crippen LogP contribution is 2.29. The number of hydrogen-bond donors (Lipinski definition) is 2. The summed E-state index contributed by atoms with van der Waals surface area (Å²) < 4.78 is 38.3. The van der Waals surface area contributed by atoms with Crippen molar-refractivity contribution in [3.05, 3.63) is 65.7 Å². The Balaban J connectivity index is 1.91. The zero-order valence-electron chi connectivity index (χ0n) is 13.9. The summed E-state index contributed by atoms with van der Waals surface area (Å²) in [5, 5.41) is 11.7. The number of hydrogen-bond acceptors (Lipinski definition) is 5. The molecule has 0 aliphatic rings. The SMILES string of the molecule is Cc1cc(Nc2nccc(C(F)(F)F)n2)cc(-c2ccc(C(=O)O)nc2)c1. The first kappa shape index (κ1) is 18.3. The van der Waals surface area contributed by atoms with Crippen LogP contribution in [0.5, 0.6) is 0 Å². The molecule has 0 unspecified atom stereocenters. The van der Waals surface area contributed by atoms with Gasteiger partial charge in [0.15, 0.2) is 0 Å². The summed E-state index contributed by atoms with van der Waals surface area (Å²) in [6, 6.07) is 9.04. The molecule has 1 aromatic carbocycles. The molecule has 0 radical (unpaired) electrons. The topological polar surface area (TPSA) is 88.0 Å². The molecule has 2 heterocycles. The Morgan fingerprint density at radius 1 is 1.07 bits per heavy atom. The molecule has 0 aliphatic heterocycles. The van der Waals surface area contributed by atoms with Crippen molar-refractivity contribution >= 4 is 17.6 Å². The van der Waals surface area contributed by atoms with Crippen LogP contribution in [0, 0.1) is 6.92 Å². The van der Waals surface area contributed by atoms with Gasteiger partial charge >= 0.3 is 12.1 Å². The van der Waals surface area contributed by atoms with Crippen LogP contribution in [0.25, 0.3) is 11.1 Å². The molecular formula is C18H13F3N4O2. The van der Waals surface area contributed by atoms with Crippen molar-refractivity contribution in [3.63, 3.8) is 0 Å².